The molecule has 1 aliphatic carbocycles. The van der Waals surface area contributed by atoms with E-state index in [0.29, 0.717) is 0 Å². The normalized spacial score (nSPS) is 32.5. The molecule has 0 bridgehead atoms. The molecule has 1 unspecified atom stereocenters. The van der Waals surface area contributed by atoms with E-state index in [1.807, 2.05) is 12.1 Å². The smallest absolute Gasteiger partial charge is 0.0372 e. The number of piperidine rings is 1. The lowest BCUT2D eigenvalue weighted by molar-refractivity contribution is 0.169. The van der Waals surface area contributed by atoms with E-state index in [2.05, 4.69) is 8.61 Å². The molecular weight excluding hydrogens is 288 g/mol. The summed E-state index contributed by atoms with van der Waals surface area (Å²) < 4.78 is 16.5. The second-order valence-corrected chi connectivity index (χ2v) is 9.44. The van der Waals surface area contributed by atoms with Gasteiger partial charge in [0.15, 0.2) is 0 Å². The van der Waals surface area contributed by atoms with Crippen LogP contribution in [0.2, 0.25) is 0 Å². The molecule has 3 rings (SSSR count). The molecule has 116 valence electrons. The quantitative estimate of drug-likeness (QED) is 0.747. The maximum atomic E-state index is 11.4. The van der Waals surface area contributed by atoms with Gasteiger partial charge < -0.3 is 0 Å². The van der Waals surface area contributed by atoms with Gasteiger partial charge in [0.05, 0.1) is 0 Å². The van der Waals surface area contributed by atoms with Crippen LogP contribution in [0.1, 0.15) is 44.9 Å². The summed E-state index contributed by atoms with van der Waals surface area (Å²) in [4.78, 5) is 0. The second kappa shape index (κ2) is 7.61. The van der Waals surface area contributed by atoms with Crippen LogP contribution in [-0.2, 0) is 10.8 Å². The van der Waals surface area contributed by atoms with Gasteiger partial charge in [-0.25, -0.2) is 8.61 Å². The molecule has 3 fully saturated rings. The van der Waals surface area contributed by atoms with Crippen LogP contribution in [0.25, 0.3) is 0 Å². The molecule has 2 aliphatic heterocycles. The molecule has 0 spiro atoms. The Morgan fingerprint density at radius 1 is 0.800 bits per heavy atom. The van der Waals surface area contributed by atoms with Crippen LogP contribution in [0.3, 0.4) is 0 Å². The summed E-state index contributed by atoms with van der Waals surface area (Å²) in [5.74, 6) is 3.68. The monoisotopic (exact) mass is 316 g/mol. The molecule has 2 saturated heterocycles. The predicted octanol–water partition coefficient (Wildman–Crippen LogP) is 2.91. The van der Waals surface area contributed by atoms with Gasteiger partial charge in [0.2, 0.25) is 0 Å². The summed E-state index contributed by atoms with van der Waals surface area (Å²) in [6.07, 6.45) is 10.2. The topological polar surface area (TPSA) is 23.6 Å². The van der Waals surface area contributed by atoms with Crippen molar-refractivity contribution in [3.63, 3.8) is 0 Å². The number of rotatable bonds is 3. The fraction of sp³-hybridized carbons (Fsp3) is 1.00. The fourth-order valence-corrected chi connectivity index (χ4v) is 6.33. The Morgan fingerprint density at radius 2 is 1.50 bits per heavy atom. The molecule has 3 nitrogen and oxygen atoms in total. The van der Waals surface area contributed by atoms with Gasteiger partial charge >= 0.3 is 0 Å². The summed E-state index contributed by atoms with van der Waals surface area (Å²) in [5.41, 5.74) is 0. The van der Waals surface area contributed by atoms with Crippen molar-refractivity contribution < 1.29 is 4.21 Å². The Balaban J connectivity index is 1.46. The van der Waals surface area contributed by atoms with E-state index in [0.717, 1.165) is 36.4 Å². The van der Waals surface area contributed by atoms with Crippen molar-refractivity contribution in [2.75, 3.05) is 37.7 Å². The minimum absolute atomic E-state index is 0.552. The second-order valence-electron chi connectivity index (χ2n) is 6.55. The first-order valence-corrected chi connectivity index (χ1v) is 10.6. The zero-order valence-electron chi connectivity index (χ0n) is 12.5. The average Bonchev–Trinajstić information content (AvgIpc) is 2.51. The van der Waals surface area contributed by atoms with E-state index < -0.39 is 10.8 Å². The van der Waals surface area contributed by atoms with Crippen LogP contribution in [0, 0.1) is 11.8 Å². The molecule has 20 heavy (non-hydrogen) atoms. The zero-order chi connectivity index (χ0) is 13.8. The van der Waals surface area contributed by atoms with Crippen molar-refractivity contribution in [3.05, 3.63) is 0 Å². The highest BCUT2D eigenvalue weighted by Gasteiger charge is 2.29. The van der Waals surface area contributed by atoms with Crippen molar-refractivity contribution in [3.8, 4) is 0 Å². The van der Waals surface area contributed by atoms with Crippen LogP contribution in [0.4, 0.5) is 0 Å². The largest absolute Gasteiger partial charge is 0.259 e. The molecule has 2 heterocycles. The van der Waals surface area contributed by atoms with Crippen molar-refractivity contribution in [2.45, 2.75) is 44.9 Å². The minimum atomic E-state index is -0.552. The molecule has 0 aromatic heterocycles. The Kier molecular flexibility index (Phi) is 5.83. The van der Waals surface area contributed by atoms with Gasteiger partial charge in [-0.05, 0) is 24.7 Å². The van der Waals surface area contributed by atoms with Crippen LogP contribution in [-0.4, -0.2) is 50.5 Å². The van der Waals surface area contributed by atoms with Crippen LogP contribution < -0.4 is 0 Å². The lowest BCUT2D eigenvalue weighted by Crippen LogP contribution is -2.40. The van der Waals surface area contributed by atoms with E-state index in [1.165, 1.54) is 58.0 Å². The third-order valence-corrected chi connectivity index (χ3v) is 7.54. The molecule has 3 aliphatic rings. The van der Waals surface area contributed by atoms with Crippen molar-refractivity contribution >= 4 is 22.9 Å². The van der Waals surface area contributed by atoms with Gasteiger partial charge in [-0.15, -0.1) is 0 Å². The minimum Gasteiger partial charge on any atom is -0.259 e. The maximum absolute atomic E-state index is 11.4. The van der Waals surface area contributed by atoms with Crippen molar-refractivity contribution in [1.82, 2.24) is 8.61 Å². The summed E-state index contributed by atoms with van der Waals surface area (Å²) >= 11 is 1.94. The van der Waals surface area contributed by atoms with Gasteiger partial charge in [-0.3, -0.25) is 4.21 Å². The molecule has 5 heteroatoms. The Hall–Kier alpha value is 0.420. The Labute approximate surface area is 130 Å². The zero-order valence-corrected chi connectivity index (χ0v) is 14.1. The van der Waals surface area contributed by atoms with E-state index in [1.54, 1.807) is 0 Å². The van der Waals surface area contributed by atoms with E-state index in [9.17, 15) is 4.21 Å². The standard InChI is InChI=1S/C15H28N2OS2/c18-20-11-9-16(10-12-20)19-17-8-4-7-15(13-17)14-5-2-1-3-6-14/h14-15H,1-13H2. The summed E-state index contributed by atoms with van der Waals surface area (Å²) in [7, 11) is -0.552. The molecule has 0 radical (unpaired) electrons. The predicted molar refractivity (Wildman–Crippen MR) is 87.9 cm³/mol. The number of nitrogens with zero attached hydrogens (tertiary/aromatic N) is 2. The highest BCUT2D eigenvalue weighted by Crippen LogP contribution is 2.36. The molecule has 0 amide bonds. The molecule has 0 N–H and O–H groups in total. The highest BCUT2D eigenvalue weighted by molar-refractivity contribution is 7.94. The molecule has 1 atom stereocenters. The average molecular weight is 317 g/mol. The Morgan fingerprint density at radius 3 is 2.25 bits per heavy atom. The summed E-state index contributed by atoms with van der Waals surface area (Å²) in [6.45, 7) is 4.53. The third kappa shape index (κ3) is 4.21. The van der Waals surface area contributed by atoms with Crippen LogP contribution >= 0.6 is 12.1 Å². The first kappa shape index (κ1) is 15.3. The first-order valence-electron chi connectivity index (χ1n) is 8.34. The van der Waals surface area contributed by atoms with Gasteiger partial charge in [0.25, 0.3) is 0 Å². The number of hydrogen-bond donors (Lipinski definition) is 0. The SMILES string of the molecule is O=S1CCN(SN2CCCC(C3CCCCC3)C2)CC1. The summed E-state index contributed by atoms with van der Waals surface area (Å²) in [6, 6.07) is 0. The van der Waals surface area contributed by atoms with Gasteiger partial charge in [-0.1, -0.05) is 32.1 Å². The van der Waals surface area contributed by atoms with Crippen LogP contribution in [0.15, 0.2) is 0 Å². The highest BCUT2D eigenvalue weighted by atomic mass is 32.2. The van der Waals surface area contributed by atoms with Crippen LogP contribution in [0.5, 0.6) is 0 Å². The van der Waals surface area contributed by atoms with E-state index in [-0.39, 0.29) is 0 Å². The van der Waals surface area contributed by atoms with Gasteiger partial charge in [0.1, 0.15) is 0 Å². The van der Waals surface area contributed by atoms with Crippen molar-refractivity contribution in [2.24, 2.45) is 11.8 Å². The molecular formula is C15H28N2OS2. The Bertz CT molecular complexity index is 324. The lowest BCUT2D eigenvalue weighted by Gasteiger charge is -2.39. The molecule has 0 aromatic carbocycles. The third-order valence-electron chi connectivity index (χ3n) is 5.10. The van der Waals surface area contributed by atoms with Crippen molar-refractivity contribution in [1.29, 1.82) is 0 Å². The maximum Gasteiger partial charge on any atom is 0.0372 e. The van der Waals surface area contributed by atoms with E-state index in [4.69, 9.17) is 0 Å². The van der Waals surface area contributed by atoms with Gasteiger partial charge in [-0.2, -0.15) is 0 Å². The van der Waals surface area contributed by atoms with E-state index >= 15 is 0 Å². The summed E-state index contributed by atoms with van der Waals surface area (Å²) in [5, 5.41) is 0. The van der Waals surface area contributed by atoms with Gasteiger partial charge in [0, 0.05) is 60.6 Å². The number of hydrogen-bond acceptors (Lipinski definition) is 4. The molecule has 1 saturated carbocycles. The first-order chi connectivity index (χ1) is 9.81. The molecule has 0 aromatic rings. The lowest BCUT2D eigenvalue weighted by atomic mass is 9.77. The fourth-order valence-electron chi connectivity index (χ4n) is 3.90.